The first kappa shape index (κ1) is 19.3. The van der Waals surface area contributed by atoms with Crippen LogP contribution in [0.15, 0.2) is 0 Å². The molecule has 2 unspecified atom stereocenters. The van der Waals surface area contributed by atoms with Crippen molar-refractivity contribution in [3.63, 3.8) is 0 Å². The maximum absolute atomic E-state index is 12.4. The van der Waals surface area contributed by atoms with Crippen LogP contribution in [0.4, 0.5) is 0 Å². The van der Waals surface area contributed by atoms with Crippen molar-refractivity contribution in [1.29, 1.82) is 0 Å². The SMILES string of the molecule is CC1CCN(CCCNC(=O)CCN2C(=O)C3CCCCC3C2=O)CC1. The smallest absolute Gasteiger partial charge is 0.233 e. The van der Waals surface area contributed by atoms with Gasteiger partial charge in [0.25, 0.3) is 0 Å². The number of carbonyl (C=O) groups is 3. The van der Waals surface area contributed by atoms with E-state index in [2.05, 4.69) is 17.1 Å². The molecule has 3 rings (SSSR count). The van der Waals surface area contributed by atoms with E-state index in [1.807, 2.05) is 0 Å². The number of nitrogens with one attached hydrogen (secondary N) is 1. The van der Waals surface area contributed by atoms with E-state index in [9.17, 15) is 14.4 Å². The molecule has 3 fully saturated rings. The van der Waals surface area contributed by atoms with Crippen molar-refractivity contribution in [1.82, 2.24) is 15.1 Å². The highest BCUT2D eigenvalue weighted by Crippen LogP contribution is 2.37. The Hall–Kier alpha value is -1.43. The third-order valence-corrected chi connectivity index (χ3v) is 6.34. The van der Waals surface area contributed by atoms with Crippen LogP contribution in [0.25, 0.3) is 0 Å². The highest BCUT2D eigenvalue weighted by atomic mass is 16.2. The van der Waals surface area contributed by atoms with Gasteiger partial charge in [-0.1, -0.05) is 19.8 Å². The Morgan fingerprint density at radius 2 is 1.62 bits per heavy atom. The first-order valence-corrected chi connectivity index (χ1v) is 10.4. The molecule has 3 aliphatic rings. The molecule has 3 amide bonds. The summed E-state index contributed by atoms with van der Waals surface area (Å²) in [6, 6.07) is 0. The number of carbonyl (C=O) groups excluding carboxylic acids is 3. The number of rotatable bonds is 7. The number of piperidine rings is 1. The molecule has 1 N–H and O–H groups in total. The minimum Gasteiger partial charge on any atom is -0.356 e. The van der Waals surface area contributed by atoms with E-state index in [0.717, 1.165) is 57.7 Å². The van der Waals surface area contributed by atoms with Crippen molar-refractivity contribution in [2.45, 2.75) is 58.3 Å². The second-order valence-corrected chi connectivity index (χ2v) is 8.30. The van der Waals surface area contributed by atoms with Crippen molar-refractivity contribution in [3.8, 4) is 0 Å². The molecule has 0 bridgehead atoms. The summed E-state index contributed by atoms with van der Waals surface area (Å²) in [6.45, 7) is 6.56. The molecule has 1 saturated carbocycles. The van der Waals surface area contributed by atoms with Gasteiger partial charge in [-0.15, -0.1) is 0 Å². The van der Waals surface area contributed by atoms with Crippen LogP contribution < -0.4 is 5.32 Å². The highest BCUT2D eigenvalue weighted by Gasteiger charge is 2.47. The lowest BCUT2D eigenvalue weighted by molar-refractivity contribution is -0.140. The summed E-state index contributed by atoms with van der Waals surface area (Å²) in [5.41, 5.74) is 0. The Balaban J connectivity index is 1.31. The maximum atomic E-state index is 12.4. The molecule has 1 aliphatic carbocycles. The number of hydrogen-bond acceptors (Lipinski definition) is 4. The van der Waals surface area contributed by atoms with E-state index in [1.54, 1.807) is 0 Å². The fourth-order valence-corrected chi connectivity index (χ4v) is 4.57. The van der Waals surface area contributed by atoms with Crippen LogP contribution >= 0.6 is 0 Å². The molecular formula is C20H33N3O3. The van der Waals surface area contributed by atoms with Gasteiger partial charge in [-0.25, -0.2) is 0 Å². The summed E-state index contributed by atoms with van der Waals surface area (Å²) in [6.07, 6.45) is 7.43. The van der Waals surface area contributed by atoms with Crippen molar-refractivity contribution in [3.05, 3.63) is 0 Å². The van der Waals surface area contributed by atoms with Crippen LogP contribution in [0.3, 0.4) is 0 Å². The predicted octanol–water partition coefficient (Wildman–Crippen LogP) is 1.79. The van der Waals surface area contributed by atoms with Crippen LogP contribution in [-0.4, -0.2) is 60.2 Å². The fourth-order valence-electron chi connectivity index (χ4n) is 4.57. The molecule has 2 aliphatic heterocycles. The highest BCUT2D eigenvalue weighted by molar-refractivity contribution is 6.05. The maximum Gasteiger partial charge on any atom is 0.233 e. The van der Waals surface area contributed by atoms with E-state index in [1.165, 1.54) is 17.7 Å². The molecule has 0 aromatic heterocycles. The Bertz CT molecular complexity index is 504. The molecule has 0 radical (unpaired) electrons. The second-order valence-electron chi connectivity index (χ2n) is 8.30. The quantitative estimate of drug-likeness (QED) is 0.553. The molecular weight excluding hydrogens is 330 g/mol. The van der Waals surface area contributed by atoms with Crippen molar-refractivity contribution < 1.29 is 14.4 Å². The van der Waals surface area contributed by atoms with Gasteiger partial charge in [-0.3, -0.25) is 19.3 Å². The van der Waals surface area contributed by atoms with Gasteiger partial charge in [-0.2, -0.15) is 0 Å². The van der Waals surface area contributed by atoms with Gasteiger partial charge in [0.15, 0.2) is 0 Å². The lowest BCUT2D eigenvalue weighted by Crippen LogP contribution is -2.37. The fraction of sp³-hybridized carbons (Fsp3) is 0.850. The Labute approximate surface area is 156 Å². The summed E-state index contributed by atoms with van der Waals surface area (Å²) >= 11 is 0. The molecule has 2 atom stereocenters. The van der Waals surface area contributed by atoms with Gasteiger partial charge in [0.1, 0.15) is 0 Å². The topological polar surface area (TPSA) is 69.7 Å². The Kier molecular flexibility index (Phi) is 6.68. The van der Waals surface area contributed by atoms with Gasteiger partial charge >= 0.3 is 0 Å². The zero-order chi connectivity index (χ0) is 18.5. The van der Waals surface area contributed by atoms with Crippen LogP contribution in [0, 0.1) is 17.8 Å². The largest absolute Gasteiger partial charge is 0.356 e. The lowest BCUT2D eigenvalue weighted by Gasteiger charge is -2.30. The lowest BCUT2D eigenvalue weighted by atomic mass is 9.81. The summed E-state index contributed by atoms with van der Waals surface area (Å²) < 4.78 is 0. The molecule has 0 aromatic carbocycles. The molecule has 146 valence electrons. The van der Waals surface area contributed by atoms with Crippen molar-refractivity contribution in [2.24, 2.45) is 17.8 Å². The van der Waals surface area contributed by atoms with E-state index >= 15 is 0 Å². The standard InChI is InChI=1S/C20H33N3O3/c1-15-7-12-22(13-8-15)11-4-10-21-18(24)9-14-23-19(25)16-5-2-3-6-17(16)20(23)26/h15-17H,2-14H2,1H3,(H,21,24). The molecule has 0 aromatic rings. The zero-order valence-electron chi connectivity index (χ0n) is 16.0. The van der Waals surface area contributed by atoms with Crippen molar-refractivity contribution in [2.75, 3.05) is 32.7 Å². The molecule has 2 heterocycles. The first-order valence-electron chi connectivity index (χ1n) is 10.4. The van der Waals surface area contributed by atoms with Gasteiger partial charge < -0.3 is 10.2 Å². The van der Waals surface area contributed by atoms with Crippen LogP contribution in [0.2, 0.25) is 0 Å². The molecule has 2 saturated heterocycles. The number of nitrogens with zero attached hydrogens (tertiary/aromatic N) is 2. The number of amides is 3. The number of fused-ring (bicyclic) bond motifs is 1. The van der Waals surface area contributed by atoms with Crippen LogP contribution in [-0.2, 0) is 14.4 Å². The normalized spacial score (nSPS) is 27.7. The van der Waals surface area contributed by atoms with Gasteiger partial charge in [0.05, 0.1) is 11.8 Å². The van der Waals surface area contributed by atoms with Gasteiger partial charge in [-0.05, 0) is 57.7 Å². The third-order valence-electron chi connectivity index (χ3n) is 6.34. The Morgan fingerprint density at radius 1 is 1.00 bits per heavy atom. The number of likely N-dealkylation sites (tertiary alicyclic amines) is 2. The monoisotopic (exact) mass is 363 g/mol. The molecule has 0 spiro atoms. The molecule has 6 heteroatoms. The second kappa shape index (κ2) is 8.98. The van der Waals surface area contributed by atoms with Crippen LogP contribution in [0.1, 0.15) is 58.3 Å². The minimum absolute atomic E-state index is 0.0492. The zero-order valence-corrected chi connectivity index (χ0v) is 16.0. The van der Waals surface area contributed by atoms with Crippen LogP contribution in [0.5, 0.6) is 0 Å². The summed E-state index contributed by atoms with van der Waals surface area (Å²) in [4.78, 5) is 40.6. The Morgan fingerprint density at radius 3 is 2.23 bits per heavy atom. The van der Waals surface area contributed by atoms with Crippen molar-refractivity contribution >= 4 is 17.7 Å². The van der Waals surface area contributed by atoms with Gasteiger partial charge in [0.2, 0.25) is 17.7 Å². The first-order chi connectivity index (χ1) is 12.6. The summed E-state index contributed by atoms with van der Waals surface area (Å²) in [5.74, 6) is 0.440. The third kappa shape index (κ3) is 4.64. The van der Waals surface area contributed by atoms with E-state index in [0.29, 0.717) is 6.54 Å². The molecule has 6 nitrogen and oxygen atoms in total. The number of hydrogen-bond donors (Lipinski definition) is 1. The number of imide groups is 1. The van der Waals surface area contributed by atoms with E-state index in [4.69, 9.17) is 0 Å². The average Bonchev–Trinajstić information content (AvgIpc) is 2.89. The minimum atomic E-state index is -0.119. The summed E-state index contributed by atoms with van der Waals surface area (Å²) in [7, 11) is 0. The van der Waals surface area contributed by atoms with E-state index in [-0.39, 0.29) is 42.5 Å². The average molecular weight is 364 g/mol. The van der Waals surface area contributed by atoms with E-state index < -0.39 is 0 Å². The predicted molar refractivity (Wildman–Crippen MR) is 99.2 cm³/mol. The summed E-state index contributed by atoms with van der Waals surface area (Å²) in [5, 5.41) is 2.93. The molecule has 26 heavy (non-hydrogen) atoms. The van der Waals surface area contributed by atoms with Gasteiger partial charge in [0, 0.05) is 19.5 Å².